The molecule has 2 amide bonds. The zero-order chi connectivity index (χ0) is 20.2. The number of rotatable bonds is 6. The van der Waals surface area contributed by atoms with Crippen LogP contribution in [-0.2, 0) is 9.59 Å². The fourth-order valence-electron chi connectivity index (χ4n) is 5.06. The summed E-state index contributed by atoms with van der Waals surface area (Å²) in [7, 11) is 0. The van der Waals surface area contributed by atoms with E-state index in [0.717, 1.165) is 39.0 Å². The largest absolute Gasteiger partial charge is 0.369 e. The van der Waals surface area contributed by atoms with Crippen molar-refractivity contribution in [1.82, 2.24) is 15.1 Å². The lowest BCUT2D eigenvalue weighted by atomic mass is 10.1. The van der Waals surface area contributed by atoms with Gasteiger partial charge in [-0.15, -0.1) is 0 Å². The molecule has 2 heterocycles. The van der Waals surface area contributed by atoms with Crippen LogP contribution in [0, 0.1) is 5.92 Å². The van der Waals surface area contributed by atoms with Crippen molar-refractivity contribution in [2.45, 2.75) is 51.1 Å². The lowest BCUT2D eigenvalue weighted by Crippen LogP contribution is -2.52. The van der Waals surface area contributed by atoms with Crippen molar-refractivity contribution in [2.75, 3.05) is 44.2 Å². The van der Waals surface area contributed by atoms with E-state index in [0.29, 0.717) is 31.6 Å². The van der Waals surface area contributed by atoms with Gasteiger partial charge < -0.3 is 15.1 Å². The van der Waals surface area contributed by atoms with Crippen LogP contribution in [0.3, 0.4) is 0 Å². The van der Waals surface area contributed by atoms with E-state index >= 15 is 0 Å². The average Bonchev–Trinajstić information content (AvgIpc) is 3.42. The number of nitrogens with one attached hydrogen (secondary N) is 1. The Morgan fingerprint density at radius 1 is 1.10 bits per heavy atom. The summed E-state index contributed by atoms with van der Waals surface area (Å²) in [5.74, 6) is 0.0426. The first-order valence-corrected chi connectivity index (χ1v) is 11.2. The van der Waals surface area contributed by atoms with Crippen LogP contribution in [0.25, 0.3) is 0 Å². The van der Waals surface area contributed by atoms with Crippen molar-refractivity contribution in [1.29, 1.82) is 0 Å². The van der Waals surface area contributed by atoms with Gasteiger partial charge in [0.1, 0.15) is 0 Å². The molecule has 1 saturated carbocycles. The van der Waals surface area contributed by atoms with Gasteiger partial charge in [-0.05, 0) is 31.9 Å². The third-order valence-corrected chi connectivity index (χ3v) is 6.93. The van der Waals surface area contributed by atoms with Crippen LogP contribution in [0.1, 0.15) is 39.0 Å². The molecule has 158 valence electrons. The minimum atomic E-state index is -0.176. The van der Waals surface area contributed by atoms with Gasteiger partial charge in [-0.1, -0.05) is 31.0 Å². The van der Waals surface area contributed by atoms with Crippen LogP contribution in [0.15, 0.2) is 30.3 Å². The molecular formula is C23H34N4O2. The van der Waals surface area contributed by atoms with E-state index in [1.54, 1.807) is 0 Å². The minimum absolute atomic E-state index is 0.0496. The van der Waals surface area contributed by atoms with Crippen LogP contribution < -0.4 is 10.2 Å². The molecule has 29 heavy (non-hydrogen) atoms. The number of amides is 2. The van der Waals surface area contributed by atoms with Gasteiger partial charge in [0, 0.05) is 63.5 Å². The molecule has 2 saturated heterocycles. The van der Waals surface area contributed by atoms with Gasteiger partial charge in [0.2, 0.25) is 11.8 Å². The zero-order valence-electron chi connectivity index (χ0n) is 17.6. The summed E-state index contributed by atoms with van der Waals surface area (Å²) in [5.41, 5.74) is 1.28. The van der Waals surface area contributed by atoms with Gasteiger partial charge in [-0.2, -0.15) is 0 Å². The van der Waals surface area contributed by atoms with Gasteiger partial charge in [0.05, 0.1) is 5.92 Å². The summed E-state index contributed by atoms with van der Waals surface area (Å²) < 4.78 is 0. The standard InChI is InChI=1S/C23H34N4O2/c1-18(25-11-13-26(14-12-25)20-7-3-2-4-8-20)16-24-23(29)19-15-22(28)27(17-19)21-9-5-6-10-21/h2-4,7-8,18-19,21H,5-6,9-17H2,1H3,(H,24,29). The summed E-state index contributed by atoms with van der Waals surface area (Å²) in [6.07, 6.45) is 5.01. The number of anilines is 1. The maximum Gasteiger partial charge on any atom is 0.225 e. The van der Waals surface area contributed by atoms with E-state index in [2.05, 4.69) is 52.4 Å². The Bertz CT molecular complexity index is 696. The molecule has 1 aliphatic carbocycles. The highest BCUT2D eigenvalue weighted by Crippen LogP contribution is 2.29. The second kappa shape index (κ2) is 9.16. The molecule has 1 aromatic rings. The quantitative estimate of drug-likeness (QED) is 0.797. The molecule has 0 spiro atoms. The summed E-state index contributed by atoms with van der Waals surface area (Å²) in [4.78, 5) is 31.8. The van der Waals surface area contributed by atoms with Crippen LogP contribution in [0.2, 0.25) is 0 Å². The van der Waals surface area contributed by atoms with Gasteiger partial charge in [-0.3, -0.25) is 14.5 Å². The van der Waals surface area contributed by atoms with Crippen LogP contribution in [0.5, 0.6) is 0 Å². The van der Waals surface area contributed by atoms with E-state index in [-0.39, 0.29) is 17.7 Å². The Kier molecular flexibility index (Phi) is 6.38. The van der Waals surface area contributed by atoms with E-state index < -0.39 is 0 Å². The number of para-hydroxylation sites is 1. The topological polar surface area (TPSA) is 55.9 Å². The molecule has 6 nitrogen and oxygen atoms in total. The lowest BCUT2D eigenvalue weighted by molar-refractivity contribution is -0.130. The van der Waals surface area contributed by atoms with E-state index in [4.69, 9.17) is 0 Å². The van der Waals surface area contributed by atoms with E-state index in [1.165, 1.54) is 18.5 Å². The number of carbonyl (C=O) groups is 2. The molecule has 2 atom stereocenters. The number of likely N-dealkylation sites (tertiary alicyclic amines) is 1. The highest BCUT2D eigenvalue weighted by atomic mass is 16.2. The van der Waals surface area contributed by atoms with Crippen molar-refractivity contribution in [3.05, 3.63) is 30.3 Å². The first-order chi connectivity index (χ1) is 14.1. The van der Waals surface area contributed by atoms with Crippen molar-refractivity contribution in [2.24, 2.45) is 5.92 Å². The number of piperazine rings is 1. The van der Waals surface area contributed by atoms with E-state index in [9.17, 15) is 9.59 Å². The zero-order valence-corrected chi connectivity index (χ0v) is 17.6. The molecule has 0 bridgehead atoms. The van der Waals surface area contributed by atoms with Crippen molar-refractivity contribution >= 4 is 17.5 Å². The SMILES string of the molecule is CC(CNC(=O)C1CC(=O)N(C2CCCC2)C1)N1CCN(c2ccccc2)CC1. The second-order valence-electron chi connectivity index (χ2n) is 8.84. The van der Waals surface area contributed by atoms with Crippen molar-refractivity contribution in [3.63, 3.8) is 0 Å². The van der Waals surface area contributed by atoms with Crippen LogP contribution in [-0.4, -0.2) is 73.0 Å². The normalized spacial score (nSPS) is 24.9. The molecule has 3 aliphatic rings. The third-order valence-electron chi connectivity index (χ3n) is 6.93. The fourth-order valence-corrected chi connectivity index (χ4v) is 5.06. The highest BCUT2D eigenvalue weighted by Gasteiger charge is 2.38. The number of hydrogen-bond acceptors (Lipinski definition) is 4. The molecule has 0 radical (unpaired) electrons. The monoisotopic (exact) mass is 398 g/mol. The number of nitrogens with zero attached hydrogens (tertiary/aromatic N) is 3. The maximum atomic E-state index is 12.7. The molecule has 0 aromatic heterocycles. The number of hydrogen-bond donors (Lipinski definition) is 1. The third kappa shape index (κ3) is 4.74. The summed E-state index contributed by atoms with van der Waals surface area (Å²) in [5, 5.41) is 3.12. The molecule has 2 unspecified atom stereocenters. The molecular weight excluding hydrogens is 364 g/mol. The predicted molar refractivity (Wildman–Crippen MR) is 115 cm³/mol. The molecule has 2 aliphatic heterocycles. The minimum Gasteiger partial charge on any atom is -0.369 e. The Balaban J connectivity index is 1.20. The summed E-state index contributed by atoms with van der Waals surface area (Å²) in [6, 6.07) is 11.2. The summed E-state index contributed by atoms with van der Waals surface area (Å²) >= 11 is 0. The Labute approximate surface area is 174 Å². The Hall–Kier alpha value is -2.08. The van der Waals surface area contributed by atoms with Gasteiger partial charge in [0.25, 0.3) is 0 Å². The first kappa shape index (κ1) is 20.2. The number of benzene rings is 1. The maximum absolute atomic E-state index is 12.7. The van der Waals surface area contributed by atoms with Crippen LogP contribution in [0.4, 0.5) is 5.69 Å². The first-order valence-electron chi connectivity index (χ1n) is 11.2. The predicted octanol–water partition coefficient (Wildman–Crippen LogP) is 2.10. The lowest BCUT2D eigenvalue weighted by Gasteiger charge is -2.39. The molecule has 3 fully saturated rings. The number of carbonyl (C=O) groups excluding carboxylic acids is 2. The smallest absolute Gasteiger partial charge is 0.225 e. The average molecular weight is 399 g/mol. The Morgan fingerprint density at radius 2 is 1.79 bits per heavy atom. The molecule has 4 rings (SSSR count). The van der Waals surface area contributed by atoms with Gasteiger partial charge >= 0.3 is 0 Å². The van der Waals surface area contributed by atoms with Gasteiger partial charge in [0.15, 0.2) is 0 Å². The fraction of sp³-hybridized carbons (Fsp3) is 0.652. The molecule has 6 heteroatoms. The molecule has 1 N–H and O–H groups in total. The van der Waals surface area contributed by atoms with Gasteiger partial charge in [-0.25, -0.2) is 0 Å². The summed E-state index contributed by atoms with van der Waals surface area (Å²) in [6.45, 7) is 7.47. The van der Waals surface area contributed by atoms with Crippen LogP contribution >= 0.6 is 0 Å². The van der Waals surface area contributed by atoms with E-state index in [1.807, 2.05) is 4.90 Å². The van der Waals surface area contributed by atoms with Crippen molar-refractivity contribution in [3.8, 4) is 0 Å². The highest BCUT2D eigenvalue weighted by molar-refractivity contribution is 5.89. The van der Waals surface area contributed by atoms with Crippen molar-refractivity contribution < 1.29 is 9.59 Å². The Morgan fingerprint density at radius 3 is 2.48 bits per heavy atom. The second-order valence-corrected chi connectivity index (χ2v) is 8.84. The molecule has 1 aromatic carbocycles.